The van der Waals surface area contributed by atoms with Gasteiger partial charge >= 0.3 is 0 Å². The van der Waals surface area contributed by atoms with Crippen LogP contribution in [0.4, 0.5) is 0 Å². The van der Waals surface area contributed by atoms with Crippen LogP contribution >= 0.6 is 11.6 Å². The van der Waals surface area contributed by atoms with Crippen LogP contribution in [0.1, 0.15) is 12.1 Å². The first-order valence-electron chi connectivity index (χ1n) is 5.73. The van der Waals surface area contributed by atoms with Gasteiger partial charge in [0.05, 0.1) is 12.0 Å². The monoisotopic (exact) mass is 292 g/mol. The Morgan fingerprint density at radius 3 is 2.78 bits per heavy atom. The highest BCUT2D eigenvalue weighted by atomic mass is 35.5. The molecule has 2 rings (SSSR count). The lowest BCUT2D eigenvalue weighted by atomic mass is 10.3. The summed E-state index contributed by atoms with van der Waals surface area (Å²) in [7, 11) is -0.0232. The predicted molar refractivity (Wildman–Crippen MR) is 69.1 cm³/mol. The van der Waals surface area contributed by atoms with E-state index in [0.29, 0.717) is 23.9 Å². The summed E-state index contributed by atoms with van der Waals surface area (Å²) >= 11 is 5.75. The van der Waals surface area contributed by atoms with Crippen molar-refractivity contribution in [3.8, 4) is 0 Å². The van der Waals surface area contributed by atoms with E-state index in [1.165, 1.54) is 4.31 Å². The van der Waals surface area contributed by atoms with E-state index >= 15 is 0 Å². The molecule has 0 radical (unpaired) electrons. The highest BCUT2D eigenvalue weighted by molar-refractivity contribution is 7.89. The van der Waals surface area contributed by atoms with E-state index in [-0.39, 0.29) is 6.10 Å². The molecule has 0 bridgehead atoms. The Labute approximate surface area is 112 Å². The lowest BCUT2D eigenvalue weighted by Gasteiger charge is -2.14. The quantitative estimate of drug-likeness (QED) is 0.783. The van der Waals surface area contributed by atoms with E-state index in [0.717, 1.165) is 12.1 Å². The molecule has 1 atom stereocenters. The molecule has 0 aromatic carbocycles. The molecule has 1 aliphatic heterocycles. The fraction of sp³-hybridized carbons (Fsp3) is 0.636. The molecule has 1 unspecified atom stereocenters. The molecule has 1 aliphatic rings. The van der Waals surface area contributed by atoms with Gasteiger partial charge in [-0.1, -0.05) is 0 Å². The molecule has 0 saturated carbocycles. The second kappa shape index (κ2) is 5.21. The minimum Gasteiger partial charge on any atom is -0.380 e. The molecule has 1 aromatic heterocycles. The molecule has 1 aromatic rings. The number of ether oxygens (including phenoxy) is 1. The van der Waals surface area contributed by atoms with Crippen molar-refractivity contribution in [2.75, 3.05) is 20.2 Å². The number of aromatic nitrogens is 1. The van der Waals surface area contributed by atoms with Gasteiger partial charge in [0.25, 0.3) is 0 Å². The first kappa shape index (κ1) is 13.9. The Morgan fingerprint density at radius 1 is 1.56 bits per heavy atom. The van der Waals surface area contributed by atoms with Crippen molar-refractivity contribution in [2.45, 2.75) is 23.3 Å². The SMILES string of the molecule is COC1CCN(S(=O)(=O)c2cc(CCl)n(C)c2)C1. The van der Waals surface area contributed by atoms with E-state index in [4.69, 9.17) is 16.3 Å². The number of sulfonamides is 1. The maximum absolute atomic E-state index is 12.4. The van der Waals surface area contributed by atoms with Crippen LogP contribution in [-0.2, 0) is 27.7 Å². The third kappa shape index (κ3) is 2.42. The van der Waals surface area contributed by atoms with E-state index in [1.807, 2.05) is 0 Å². The number of hydrogen-bond donors (Lipinski definition) is 0. The second-order valence-electron chi connectivity index (χ2n) is 4.42. The van der Waals surface area contributed by atoms with Crippen LogP contribution in [0.2, 0.25) is 0 Å². The van der Waals surface area contributed by atoms with E-state index in [1.54, 1.807) is 31.0 Å². The van der Waals surface area contributed by atoms with Gasteiger partial charge in [-0.3, -0.25) is 0 Å². The van der Waals surface area contributed by atoms with Gasteiger partial charge in [0.2, 0.25) is 10.0 Å². The molecule has 1 saturated heterocycles. The molecule has 0 spiro atoms. The third-order valence-corrected chi connectivity index (χ3v) is 5.40. The van der Waals surface area contributed by atoms with Crippen molar-refractivity contribution in [2.24, 2.45) is 7.05 Å². The van der Waals surface area contributed by atoms with E-state index in [9.17, 15) is 8.42 Å². The van der Waals surface area contributed by atoms with Gasteiger partial charge in [0.15, 0.2) is 0 Å². The molecule has 18 heavy (non-hydrogen) atoms. The molecule has 0 amide bonds. The molecule has 0 N–H and O–H groups in total. The number of halogens is 1. The summed E-state index contributed by atoms with van der Waals surface area (Å²) in [5.74, 6) is 0.298. The van der Waals surface area contributed by atoms with E-state index < -0.39 is 10.0 Å². The molecule has 7 heteroatoms. The average molecular weight is 293 g/mol. The van der Waals surface area contributed by atoms with Gasteiger partial charge in [-0.25, -0.2) is 8.42 Å². The fourth-order valence-electron chi connectivity index (χ4n) is 2.11. The summed E-state index contributed by atoms with van der Waals surface area (Å²) < 4.78 is 33.2. The maximum atomic E-state index is 12.4. The molecule has 1 fully saturated rings. The van der Waals surface area contributed by atoms with Crippen LogP contribution in [0.3, 0.4) is 0 Å². The van der Waals surface area contributed by atoms with Crippen LogP contribution in [0, 0.1) is 0 Å². The van der Waals surface area contributed by atoms with Gasteiger partial charge < -0.3 is 9.30 Å². The Balaban J connectivity index is 2.25. The van der Waals surface area contributed by atoms with Crippen LogP contribution in [0.25, 0.3) is 0 Å². The topological polar surface area (TPSA) is 51.5 Å². The van der Waals surface area contributed by atoms with Gasteiger partial charge in [0.1, 0.15) is 4.90 Å². The zero-order valence-corrected chi connectivity index (χ0v) is 12.0. The third-order valence-electron chi connectivity index (χ3n) is 3.30. The summed E-state index contributed by atoms with van der Waals surface area (Å²) in [4.78, 5) is 0.303. The number of alkyl halides is 1. The lowest BCUT2D eigenvalue weighted by molar-refractivity contribution is 0.115. The molecular formula is C11H17ClN2O3S. The number of hydrogen-bond acceptors (Lipinski definition) is 3. The molecule has 2 heterocycles. The van der Waals surface area contributed by atoms with Gasteiger partial charge in [0, 0.05) is 39.1 Å². The Bertz CT molecular complexity index is 526. The standard InChI is InChI=1S/C11H17ClN2O3S/c1-13-8-11(5-9(13)6-12)18(15,16)14-4-3-10(7-14)17-2/h5,8,10H,3-4,6-7H2,1-2H3. The zero-order chi connectivity index (χ0) is 13.3. The highest BCUT2D eigenvalue weighted by Crippen LogP contribution is 2.24. The predicted octanol–water partition coefficient (Wildman–Crippen LogP) is 1.17. The fourth-order valence-corrected chi connectivity index (χ4v) is 3.96. The Morgan fingerprint density at radius 2 is 2.28 bits per heavy atom. The smallest absolute Gasteiger partial charge is 0.244 e. The summed E-state index contributed by atoms with van der Waals surface area (Å²) in [6.07, 6.45) is 2.34. The summed E-state index contributed by atoms with van der Waals surface area (Å²) in [6.45, 7) is 0.926. The summed E-state index contributed by atoms with van der Waals surface area (Å²) in [5, 5.41) is 0. The first-order chi connectivity index (χ1) is 8.48. The van der Waals surface area contributed by atoms with Crippen LogP contribution in [0.15, 0.2) is 17.2 Å². The molecular weight excluding hydrogens is 276 g/mol. The Kier molecular flexibility index (Phi) is 4.01. The first-order valence-corrected chi connectivity index (χ1v) is 7.70. The average Bonchev–Trinajstić information content (AvgIpc) is 2.95. The van der Waals surface area contributed by atoms with Crippen molar-refractivity contribution in [3.05, 3.63) is 18.0 Å². The number of aryl methyl sites for hydroxylation is 1. The minimum atomic E-state index is -3.42. The number of nitrogens with zero attached hydrogens (tertiary/aromatic N) is 2. The molecule has 0 aliphatic carbocycles. The minimum absolute atomic E-state index is 0.00372. The highest BCUT2D eigenvalue weighted by Gasteiger charge is 2.33. The van der Waals surface area contributed by atoms with Crippen LogP contribution in [0.5, 0.6) is 0 Å². The normalized spacial score (nSPS) is 21.6. The lowest BCUT2D eigenvalue weighted by Crippen LogP contribution is -2.29. The zero-order valence-electron chi connectivity index (χ0n) is 10.5. The van der Waals surface area contributed by atoms with Crippen molar-refractivity contribution >= 4 is 21.6 Å². The second-order valence-corrected chi connectivity index (χ2v) is 6.63. The van der Waals surface area contributed by atoms with Crippen molar-refractivity contribution in [3.63, 3.8) is 0 Å². The largest absolute Gasteiger partial charge is 0.380 e. The van der Waals surface area contributed by atoms with Crippen molar-refractivity contribution in [1.82, 2.24) is 8.87 Å². The maximum Gasteiger partial charge on any atom is 0.244 e. The van der Waals surface area contributed by atoms with Crippen LogP contribution in [-0.4, -0.2) is 43.6 Å². The number of methoxy groups -OCH3 is 1. The molecule has 5 nitrogen and oxygen atoms in total. The number of rotatable bonds is 4. The summed E-state index contributed by atoms with van der Waals surface area (Å²) in [6, 6.07) is 1.63. The van der Waals surface area contributed by atoms with Gasteiger partial charge in [-0.05, 0) is 12.5 Å². The van der Waals surface area contributed by atoms with Gasteiger partial charge in [-0.2, -0.15) is 4.31 Å². The van der Waals surface area contributed by atoms with E-state index in [2.05, 4.69) is 0 Å². The molecule has 102 valence electrons. The van der Waals surface area contributed by atoms with Crippen LogP contribution < -0.4 is 0 Å². The van der Waals surface area contributed by atoms with Crippen molar-refractivity contribution < 1.29 is 13.2 Å². The summed E-state index contributed by atoms with van der Waals surface area (Å²) in [5.41, 5.74) is 0.790. The van der Waals surface area contributed by atoms with Crippen molar-refractivity contribution in [1.29, 1.82) is 0 Å². The van der Waals surface area contributed by atoms with Gasteiger partial charge in [-0.15, -0.1) is 11.6 Å². The Hall–Kier alpha value is -0.560.